The van der Waals surface area contributed by atoms with E-state index in [0.717, 1.165) is 32.8 Å². The highest BCUT2D eigenvalue weighted by Gasteiger charge is 2.33. The lowest BCUT2D eigenvalue weighted by Crippen LogP contribution is -2.31. The predicted octanol–water partition coefficient (Wildman–Crippen LogP) is 5.04. The molecule has 3 aromatic rings. The molecule has 174 valence electrons. The van der Waals surface area contributed by atoms with Crippen LogP contribution in [0.5, 0.6) is 17.2 Å². The summed E-state index contributed by atoms with van der Waals surface area (Å²) in [5.41, 5.74) is 2.98. The number of carbonyl (C=O) groups excluding carboxylic acids is 2. The van der Waals surface area contributed by atoms with Crippen molar-refractivity contribution in [2.24, 2.45) is 5.10 Å². The number of benzene rings is 3. The van der Waals surface area contributed by atoms with Gasteiger partial charge >= 0.3 is 0 Å². The molecule has 1 aliphatic heterocycles. The van der Waals surface area contributed by atoms with Crippen LogP contribution in [0.1, 0.15) is 33.9 Å². The van der Waals surface area contributed by atoms with Gasteiger partial charge in [0.25, 0.3) is 5.91 Å². The van der Waals surface area contributed by atoms with E-state index in [2.05, 4.69) is 21.0 Å². The number of carbonyl (C=O) groups is 2. The first-order valence-electron chi connectivity index (χ1n) is 10.6. The maximum atomic E-state index is 13.2. The molecule has 0 aliphatic carbocycles. The largest absolute Gasteiger partial charge is 0.497 e. The molecule has 8 heteroatoms. The fraction of sp³-hybridized carbons (Fsp3) is 0.192. The first kappa shape index (κ1) is 23.5. The summed E-state index contributed by atoms with van der Waals surface area (Å²) < 4.78 is 17.0. The van der Waals surface area contributed by atoms with Crippen LogP contribution < -0.4 is 14.2 Å². The molecule has 3 aromatic carbocycles. The highest BCUT2D eigenvalue weighted by atomic mass is 79.9. The second-order valence-electron chi connectivity index (χ2n) is 7.60. The fourth-order valence-electron chi connectivity index (χ4n) is 3.73. The average Bonchev–Trinajstić information content (AvgIpc) is 3.33. The van der Waals surface area contributed by atoms with E-state index >= 15 is 0 Å². The number of ether oxygens (including phenoxy) is 3. The van der Waals surface area contributed by atoms with E-state index in [1.807, 2.05) is 48.5 Å². The Morgan fingerprint density at radius 3 is 2.29 bits per heavy atom. The molecule has 0 fully saturated rings. The number of aldehydes is 1. The van der Waals surface area contributed by atoms with E-state index in [0.29, 0.717) is 24.0 Å². The number of nitrogens with zero attached hydrogens (tertiary/aromatic N) is 2. The molecule has 0 spiro atoms. The van der Waals surface area contributed by atoms with Crippen LogP contribution in [0.15, 0.2) is 76.3 Å². The van der Waals surface area contributed by atoms with Crippen LogP contribution in [0.4, 0.5) is 0 Å². The molecule has 1 unspecified atom stereocenters. The van der Waals surface area contributed by atoms with Gasteiger partial charge in [0, 0.05) is 10.9 Å². The minimum atomic E-state index is -0.316. The number of rotatable bonds is 8. The fourth-order valence-corrected chi connectivity index (χ4v) is 4.11. The van der Waals surface area contributed by atoms with Crippen LogP contribution in [0.3, 0.4) is 0 Å². The molecule has 0 N–H and O–H groups in total. The van der Waals surface area contributed by atoms with Gasteiger partial charge in [-0.25, -0.2) is 5.01 Å². The molecule has 0 aromatic heterocycles. The van der Waals surface area contributed by atoms with Crippen molar-refractivity contribution >= 4 is 33.8 Å². The molecule has 0 radical (unpaired) electrons. The second kappa shape index (κ2) is 10.5. The van der Waals surface area contributed by atoms with Crippen molar-refractivity contribution in [2.75, 3.05) is 20.8 Å². The van der Waals surface area contributed by atoms with Crippen LogP contribution in [-0.2, 0) is 4.79 Å². The monoisotopic (exact) mass is 522 g/mol. The molecule has 0 saturated heterocycles. The van der Waals surface area contributed by atoms with Crippen LogP contribution >= 0.6 is 15.9 Å². The van der Waals surface area contributed by atoms with Gasteiger partial charge in [0.1, 0.15) is 17.2 Å². The Morgan fingerprint density at radius 1 is 1.03 bits per heavy atom. The van der Waals surface area contributed by atoms with Gasteiger partial charge in [0.2, 0.25) is 0 Å². The van der Waals surface area contributed by atoms with Gasteiger partial charge in [-0.15, -0.1) is 0 Å². The van der Waals surface area contributed by atoms with Crippen molar-refractivity contribution in [3.63, 3.8) is 0 Å². The molecule has 0 bridgehead atoms. The SMILES string of the molecule is COc1ccc(C2=NN(C(=O)COc3ccc(Br)cc3C=O)C(c3ccc(OC)cc3)C2)cc1. The van der Waals surface area contributed by atoms with Gasteiger partial charge in [0.05, 0.1) is 31.5 Å². The maximum absolute atomic E-state index is 13.2. The molecular weight excluding hydrogens is 500 g/mol. The lowest BCUT2D eigenvalue weighted by atomic mass is 9.98. The van der Waals surface area contributed by atoms with Crippen LogP contribution in [0, 0.1) is 0 Å². The third kappa shape index (κ3) is 5.12. The number of halogens is 1. The topological polar surface area (TPSA) is 77.4 Å². The van der Waals surface area contributed by atoms with Gasteiger partial charge < -0.3 is 14.2 Å². The van der Waals surface area contributed by atoms with E-state index in [-0.39, 0.29) is 18.6 Å². The van der Waals surface area contributed by atoms with Gasteiger partial charge in [-0.05, 0) is 65.7 Å². The molecule has 1 aliphatic rings. The molecule has 1 amide bonds. The summed E-state index contributed by atoms with van der Waals surface area (Å²) >= 11 is 3.33. The van der Waals surface area contributed by atoms with Crippen LogP contribution in [0.25, 0.3) is 0 Å². The van der Waals surface area contributed by atoms with E-state index in [1.54, 1.807) is 32.4 Å². The summed E-state index contributed by atoms with van der Waals surface area (Å²) in [5.74, 6) is 1.50. The minimum absolute atomic E-state index is 0.255. The van der Waals surface area contributed by atoms with E-state index in [1.165, 1.54) is 5.01 Å². The Bertz CT molecular complexity index is 1210. The summed E-state index contributed by atoms with van der Waals surface area (Å²) in [7, 11) is 3.22. The Morgan fingerprint density at radius 2 is 1.68 bits per heavy atom. The molecule has 4 rings (SSSR count). The summed E-state index contributed by atoms with van der Waals surface area (Å²) in [4.78, 5) is 24.6. The van der Waals surface area contributed by atoms with Crippen molar-refractivity contribution in [1.29, 1.82) is 0 Å². The molecule has 0 saturated carbocycles. The van der Waals surface area contributed by atoms with Crippen molar-refractivity contribution in [1.82, 2.24) is 5.01 Å². The van der Waals surface area contributed by atoms with Gasteiger partial charge in [-0.3, -0.25) is 9.59 Å². The van der Waals surface area contributed by atoms with Gasteiger partial charge in [0.15, 0.2) is 12.9 Å². The van der Waals surface area contributed by atoms with Crippen molar-refractivity contribution in [3.8, 4) is 17.2 Å². The molecule has 34 heavy (non-hydrogen) atoms. The summed E-state index contributed by atoms with van der Waals surface area (Å²) in [6.45, 7) is -0.255. The summed E-state index contributed by atoms with van der Waals surface area (Å²) in [6.07, 6.45) is 1.24. The number of methoxy groups -OCH3 is 2. The molecule has 1 atom stereocenters. The van der Waals surface area contributed by atoms with Crippen molar-refractivity contribution in [2.45, 2.75) is 12.5 Å². The summed E-state index contributed by atoms with van der Waals surface area (Å²) in [6, 6.07) is 19.9. The quantitative estimate of drug-likeness (QED) is 0.387. The normalized spacial score (nSPS) is 15.0. The maximum Gasteiger partial charge on any atom is 0.281 e. The number of hydrogen-bond acceptors (Lipinski definition) is 6. The number of hydrogen-bond donors (Lipinski definition) is 0. The Kier molecular flexibility index (Phi) is 7.27. The van der Waals surface area contributed by atoms with Crippen molar-refractivity contribution in [3.05, 3.63) is 87.9 Å². The third-order valence-electron chi connectivity index (χ3n) is 5.54. The molecule has 7 nitrogen and oxygen atoms in total. The van der Waals surface area contributed by atoms with Crippen LogP contribution in [0.2, 0.25) is 0 Å². The lowest BCUT2D eigenvalue weighted by Gasteiger charge is -2.22. The average molecular weight is 523 g/mol. The summed E-state index contributed by atoms with van der Waals surface area (Å²) in [5, 5.41) is 6.11. The first-order valence-corrected chi connectivity index (χ1v) is 11.4. The standard InChI is InChI=1S/C26H23BrN2O5/c1-32-21-8-3-17(4-9-21)23-14-24(18-5-10-22(33-2)11-6-18)29(28-23)26(31)16-34-25-12-7-20(27)13-19(25)15-30/h3-13,15,24H,14,16H2,1-2H3. The van der Waals surface area contributed by atoms with E-state index in [9.17, 15) is 9.59 Å². The Hall–Kier alpha value is -3.65. The van der Waals surface area contributed by atoms with Crippen molar-refractivity contribution < 1.29 is 23.8 Å². The Balaban J connectivity index is 1.59. The zero-order valence-corrected chi connectivity index (χ0v) is 20.3. The first-order chi connectivity index (χ1) is 16.5. The lowest BCUT2D eigenvalue weighted by molar-refractivity contribution is -0.135. The molecule has 1 heterocycles. The van der Waals surface area contributed by atoms with E-state index < -0.39 is 0 Å². The zero-order valence-electron chi connectivity index (χ0n) is 18.7. The van der Waals surface area contributed by atoms with Gasteiger partial charge in [-0.2, -0.15) is 5.10 Å². The smallest absolute Gasteiger partial charge is 0.281 e. The van der Waals surface area contributed by atoms with Gasteiger partial charge in [-0.1, -0.05) is 28.1 Å². The highest BCUT2D eigenvalue weighted by Crippen LogP contribution is 2.34. The minimum Gasteiger partial charge on any atom is -0.497 e. The zero-order chi connectivity index (χ0) is 24.1. The second-order valence-corrected chi connectivity index (χ2v) is 8.51. The third-order valence-corrected chi connectivity index (χ3v) is 6.03. The Labute approximate surface area is 206 Å². The predicted molar refractivity (Wildman–Crippen MR) is 132 cm³/mol. The highest BCUT2D eigenvalue weighted by molar-refractivity contribution is 9.10. The number of amides is 1. The van der Waals surface area contributed by atoms with E-state index in [4.69, 9.17) is 14.2 Å². The molecular formula is C26H23BrN2O5. The van der Waals surface area contributed by atoms with Crippen LogP contribution in [-0.4, -0.2) is 43.7 Å². The number of hydrazone groups is 1.